The molecule has 1 fully saturated rings. The molecular weight excluding hydrogens is 908 g/mol. The highest BCUT2D eigenvalue weighted by Crippen LogP contribution is 2.53. The third-order valence-electron chi connectivity index (χ3n) is 10.0. The normalized spacial score (nSPS) is 19.0. The number of carbonyl (C=O) groups excluding carboxylic acids is 5. The van der Waals surface area contributed by atoms with Gasteiger partial charge < -0.3 is 105 Å². The van der Waals surface area contributed by atoms with Gasteiger partial charge in [-0.05, 0) is 48.5 Å². The molecule has 0 radical (unpaired) electrons. The van der Waals surface area contributed by atoms with Crippen LogP contribution in [0.1, 0.15) is 51.8 Å². The van der Waals surface area contributed by atoms with Crippen molar-refractivity contribution in [1.82, 2.24) is 0 Å². The standard InChI is InChI=1S/C41H30O26/c42-15-1-10(2-16(43)26(15)50)36(57)65-34-33-23(9-62-39(60)13-7-21(48)29(53)31(55)24(13)25-14(40(61)64-33)8-22(49)30(54)32(25)56)63-41(67-38(59)12-5-19(46)28(52)20(47)6-12)35(34)66-37(58)11-3-17(44)27(51)18(45)4-11/h1-8,23,33-35,41-56H,9H2/t23-,33-,34-,35-,41+/m0/s1. The Morgan fingerprint density at radius 1 is 0.433 bits per heavy atom. The molecule has 2 aliphatic rings. The number of fused-ring (bicyclic) bond motifs is 4. The summed E-state index contributed by atoms with van der Waals surface area (Å²) in [5.74, 6) is -26.5. The van der Waals surface area contributed by atoms with Crippen LogP contribution in [0.3, 0.4) is 0 Å². The quantitative estimate of drug-likeness (QED) is 0.0654. The molecular formula is C41H30O26. The molecule has 7 rings (SSSR count). The highest BCUT2D eigenvalue weighted by molar-refractivity contribution is 6.08. The van der Waals surface area contributed by atoms with Crippen LogP contribution in [0, 0.1) is 0 Å². The number of hydrogen-bond acceptors (Lipinski definition) is 26. The first-order chi connectivity index (χ1) is 31.5. The minimum absolute atomic E-state index is 0.402. The highest BCUT2D eigenvalue weighted by atomic mass is 16.7. The number of phenolic OH excluding ortho intramolecular Hbond substituents is 15. The van der Waals surface area contributed by atoms with E-state index in [9.17, 15) is 101 Å². The lowest BCUT2D eigenvalue weighted by Crippen LogP contribution is -2.63. The summed E-state index contributed by atoms with van der Waals surface area (Å²) in [6.45, 7) is -1.26. The molecule has 26 heteroatoms. The van der Waals surface area contributed by atoms with Crippen molar-refractivity contribution in [2.45, 2.75) is 30.7 Å². The van der Waals surface area contributed by atoms with E-state index in [1.54, 1.807) is 0 Å². The Morgan fingerprint density at radius 2 is 0.776 bits per heavy atom. The molecule has 0 spiro atoms. The first-order valence-corrected chi connectivity index (χ1v) is 18.5. The zero-order valence-electron chi connectivity index (χ0n) is 32.9. The van der Waals surface area contributed by atoms with Crippen LogP contribution in [0.15, 0.2) is 48.5 Å². The topological polar surface area (TPSA) is 444 Å². The second-order valence-electron chi connectivity index (χ2n) is 14.3. The Kier molecular flexibility index (Phi) is 11.4. The smallest absolute Gasteiger partial charge is 0.340 e. The Bertz CT molecular complexity index is 2870. The van der Waals surface area contributed by atoms with Gasteiger partial charge in [0.1, 0.15) is 12.7 Å². The van der Waals surface area contributed by atoms with E-state index in [1.165, 1.54) is 0 Å². The van der Waals surface area contributed by atoms with Crippen LogP contribution in [0.2, 0.25) is 0 Å². The van der Waals surface area contributed by atoms with E-state index < -0.39 is 192 Å². The zero-order chi connectivity index (χ0) is 49.1. The lowest BCUT2D eigenvalue weighted by Gasteiger charge is -2.43. The zero-order valence-corrected chi connectivity index (χ0v) is 32.9. The van der Waals surface area contributed by atoms with Gasteiger partial charge in [-0.25, -0.2) is 24.0 Å². The predicted molar refractivity (Wildman–Crippen MR) is 208 cm³/mol. The second kappa shape index (κ2) is 16.8. The van der Waals surface area contributed by atoms with Gasteiger partial charge in [0.05, 0.1) is 27.8 Å². The summed E-state index contributed by atoms with van der Waals surface area (Å²) in [6.07, 6.45) is -12.2. The van der Waals surface area contributed by atoms with Crippen LogP contribution >= 0.6 is 0 Å². The van der Waals surface area contributed by atoms with Gasteiger partial charge >= 0.3 is 29.8 Å². The predicted octanol–water partition coefficient (Wildman–Crippen LogP) is 1.67. The molecule has 0 amide bonds. The largest absolute Gasteiger partial charge is 0.504 e. The van der Waals surface area contributed by atoms with Gasteiger partial charge in [0.25, 0.3) is 0 Å². The van der Waals surface area contributed by atoms with Gasteiger partial charge in [0, 0.05) is 11.1 Å². The van der Waals surface area contributed by atoms with Crippen LogP contribution in [-0.4, -0.2) is 144 Å². The summed E-state index contributed by atoms with van der Waals surface area (Å²) in [4.78, 5) is 69.7. The van der Waals surface area contributed by atoms with Crippen molar-refractivity contribution in [1.29, 1.82) is 0 Å². The summed E-state index contributed by atoms with van der Waals surface area (Å²) < 4.78 is 33.4. The molecule has 26 nitrogen and oxygen atoms in total. The van der Waals surface area contributed by atoms with Crippen molar-refractivity contribution in [3.8, 4) is 97.4 Å². The number of ether oxygens (including phenoxy) is 6. The SMILES string of the molecule is O=C(O[C@H]1O[C@H]2COC(=O)c3cc(O)c(O)c(O)c3-c3c(cc(O)c(O)c3O)C(=O)O[C@@H]2[C@H](OC(=O)c2cc(O)c(O)c(O)c2)[C@@H]1OC(=O)c1cc(O)c(O)c(O)c1)c1cc(O)c(O)c(O)c1. The van der Waals surface area contributed by atoms with Crippen molar-refractivity contribution >= 4 is 29.8 Å². The molecule has 15 N–H and O–H groups in total. The average Bonchev–Trinajstić information content (AvgIpc) is 3.29. The van der Waals surface area contributed by atoms with E-state index in [4.69, 9.17) is 28.4 Å². The Hall–Kier alpha value is -9.59. The lowest BCUT2D eigenvalue weighted by molar-refractivity contribution is -0.282. The number of hydrogen-bond donors (Lipinski definition) is 15. The fourth-order valence-corrected chi connectivity index (χ4v) is 6.77. The molecule has 1 saturated heterocycles. The van der Waals surface area contributed by atoms with Crippen molar-refractivity contribution in [2.75, 3.05) is 6.61 Å². The van der Waals surface area contributed by atoms with Gasteiger partial charge in [-0.2, -0.15) is 0 Å². The van der Waals surface area contributed by atoms with E-state index in [1.807, 2.05) is 0 Å². The number of phenols is 15. The maximum Gasteiger partial charge on any atom is 0.340 e. The maximum atomic E-state index is 14.4. The van der Waals surface area contributed by atoms with E-state index in [2.05, 4.69) is 0 Å². The van der Waals surface area contributed by atoms with Gasteiger partial charge in [-0.3, -0.25) is 0 Å². The summed E-state index contributed by atoms with van der Waals surface area (Å²) >= 11 is 0. The third-order valence-corrected chi connectivity index (χ3v) is 10.0. The number of rotatable bonds is 6. The third kappa shape index (κ3) is 8.12. The molecule has 0 bridgehead atoms. The molecule has 2 heterocycles. The summed E-state index contributed by atoms with van der Waals surface area (Å²) in [5.41, 5.74) is -6.64. The van der Waals surface area contributed by atoms with Crippen molar-refractivity contribution in [3.05, 3.63) is 76.3 Å². The minimum Gasteiger partial charge on any atom is -0.504 e. The molecule has 0 aliphatic carbocycles. The Morgan fingerprint density at radius 3 is 1.18 bits per heavy atom. The summed E-state index contributed by atoms with van der Waals surface area (Å²) in [6, 6.07) is 4.13. The molecule has 5 aromatic rings. The number of esters is 5. The molecule has 0 unspecified atom stereocenters. The first kappa shape index (κ1) is 45.4. The monoisotopic (exact) mass is 938 g/mol. The van der Waals surface area contributed by atoms with Crippen LogP contribution < -0.4 is 0 Å². The number of aromatic hydroxyl groups is 15. The van der Waals surface area contributed by atoms with Crippen LogP contribution in [0.4, 0.5) is 0 Å². The summed E-state index contributed by atoms with van der Waals surface area (Å²) in [5, 5.41) is 154. The molecule has 5 atom stereocenters. The van der Waals surface area contributed by atoms with Gasteiger partial charge in [0.2, 0.25) is 23.9 Å². The van der Waals surface area contributed by atoms with Crippen molar-refractivity contribution < 1.29 is 129 Å². The molecule has 0 aromatic heterocycles. The van der Waals surface area contributed by atoms with E-state index in [-0.39, 0.29) is 0 Å². The summed E-state index contributed by atoms with van der Waals surface area (Å²) in [7, 11) is 0. The lowest BCUT2D eigenvalue weighted by atomic mass is 9.92. The van der Waals surface area contributed by atoms with E-state index in [0.29, 0.717) is 48.5 Å². The molecule has 2 aliphatic heterocycles. The van der Waals surface area contributed by atoms with E-state index >= 15 is 0 Å². The Labute approximate surface area is 369 Å². The molecule has 5 aromatic carbocycles. The fraction of sp³-hybridized carbons (Fsp3) is 0.146. The molecule has 350 valence electrons. The average molecular weight is 939 g/mol. The minimum atomic E-state index is -2.55. The van der Waals surface area contributed by atoms with Crippen LogP contribution in [0.25, 0.3) is 11.1 Å². The maximum absolute atomic E-state index is 14.4. The second-order valence-corrected chi connectivity index (χ2v) is 14.3. The first-order valence-electron chi connectivity index (χ1n) is 18.5. The number of cyclic esters (lactones) is 1. The van der Waals surface area contributed by atoms with Crippen LogP contribution in [0.5, 0.6) is 86.2 Å². The van der Waals surface area contributed by atoms with Crippen molar-refractivity contribution in [3.63, 3.8) is 0 Å². The van der Waals surface area contributed by atoms with Crippen molar-refractivity contribution in [2.24, 2.45) is 0 Å². The molecule has 67 heavy (non-hydrogen) atoms. The van der Waals surface area contributed by atoms with E-state index in [0.717, 1.165) is 0 Å². The fourth-order valence-electron chi connectivity index (χ4n) is 6.77. The van der Waals surface area contributed by atoms with Gasteiger partial charge in [-0.15, -0.1) is 0 Å². The van der Waals surface area contributed by atoms with Crippen LogP contribution in [-0.2, 0) is 28.4 Å². The van der Waals surface area contributed by atoms with Gasteiger partial charge in [0.15, 0.2) is 87.0 Å². The number of carbonyl (C=O) groups is 5. The molecule has 0 saturated carbocycles. The Balaban J connectivity index is 1.44. The van der Waals surface area contributed by atoms with Gasteiger partial charge in [-0.1, -0.05) is 0 Å². The number of benzene rings is 5. The highest BCUT2D eigenvalue weighted by Gasteiger charge is 2.55.